The van der Waals surface area contributed by atoms with Gasteiger partial charge in [-0.2, -0.15) is 5.10 Å². The molecule has 1 atom stereocenters. The summed E-state index contributed by atoms with van der Waals surface area (Å²) in [5.41, 5.74) is 2.43. The summed E-state index contributed by atoms with van der Waals surface area (Å²) in [6.07, 6.45) is 1.62. The molecule has 9 heteroatoms. The van der Waals surface area contributed by atoms with Crippen molar-refractivity contribution in [2.24, 2.45) is 10.2 Å². The fourth-order valence-electron chi connectivity index (χ4n) is 3.06. The van der Waals surface area contributed by atoms with E-state index in [1.165, 1.54) is 11.8 Å². The molecule has 1 aliphatic rings. The number of carbonyl (C=O) groups is 2. The van der Waals surface area contributed by atoms with Gasteiger partial charge in [-0.05, 0) is 48.0 Å². The lowest BCUT2D eigenvalue weighted by atomic mass is 10.2. The number of benzene rings is 3. The zero-order valence-electron chi connectivity index (χ0n) is 18.0. The van der Waals surface area contributed by atoms with Crippen molar-refractivity contribution in [2.75, 3.05) is 5.32 Å². The van der Waals surface area contributed by atoms with E-state index in [2.05, 4.69) is 20.8 Å². The van der Waals surface area contributed by atoms with Crippen LogP contribution >= 0.6 is 23.4 Å². The van der Waals surface area contributed by atoms with Gasteiger partial charge in [0.1, 0.15) is 17.6 Å². The molecule has 2 N–H and O–H groups in total. The van der Waals surface area contributed by atoms with E-state index in [1.54, 1.807) is 18.3 Å². The standard InChI is InChI=1S/C25H21ClN4O3S/c26-21-9-5-4-6-18(21)16-33-20-12-10-17(11-13-20)15-27-30-25-29-24(32)22(34-25)14-23(31)28-19-7-2-1-3-8-19/h1-13,15,22H,14,16H2,(H,28,31)(H,29,30,32)/b27-15-/t22-/m1/s1. The second kappa shape index (κ2) is 11.5. The number of carbonyl (C=O) groups excluding carboxylic acids is 2. The van der Waals surface area contributed by atoms with Crippen LogP contribution in [0.1, 0.15) is 17.5 Å². The minimum Gasteiger partial charge on any atom is -0.489 e. The van der Waals surface area contributed by atoms with Crippen molar-refractivity contribution in [1.29, 1.82) is 0 Å². The highest BCUT2D eigenvalue weighted by atomic mass is 35.5. The number of nitrogens with zero attached hydrogens (tertiary/aromatic N) is 2. The Bertz CT molecular complexity index is 1220. The molecule has 3 aromatic carbocycles. The summed E-state index contributed by atoms with van der Waals surface area (Å²) in [7, 11) is 0. The Morgan fingerprint density at radius 2 is 1.79 bits per heavy atom. The van der Waals surface area contributed by atoms with E-state index in [-0.39, 0.29) is 18.2 Å². The third-order valence-corrected chi connectivity index (χ3v) is 6.23. The Kier molecular flexibility index (Phi) is 7.95. The number of halogens is 1. The molecule has 1 heterocycles. The molecule has 1 fully saturated rings. The largest absolute Gasteiger partial charge is 0.489 e. The Morgan fingerprint density at radius 3 is 2.56 bits per heavy atom. The van der Waals surface area contributed by atoms with Crippen LogP contribution in [0.2, 0.25) is 5.02 Å². The predicted octanol–water partition coefficient (Wildman–Crippen LogP) is 4.87. The molecule has 34 heavy (non-hydrogen) atoms. The lowest BCUT2D eigenvalue weighted by molar-refractivity contribution is -0.122. The number of thioether (sulfide) groups is 1. The van der Waals surface area contributed by atoms with E-state index >= 15 is 0 Å². The maximum atomic E-state index is 12.2. The summed E-state index contributed by atoms with van der Waals surface area (Å²) >= 11 is 7.33. The van der Waals surface area contributed by atoms with Gasteiger partial charge < -0.3 is 15.4 Å². The van der Waals surface area contributed by atoms with Crippen LogP contribution in [0, 0.1) is 0 Å². The monoisotopic (exact) mass is 492 g/mol. The van der Waals surface area contributed by atoms with Crippen LogP contribution in [-0.4, -0.2) is 28.4 Å². The van der Waals surface area contributed by atoms with Crippen LogP contribution in [0.25, 0.3) is 0 Å². The Labute approximate surface area is 206 Å². The van der Waals surface area contributed by atoms with Gasteiger partial charge in [-0.25, -0.2) is 0 Å². The molecule has 1 aliphatic heterocycles. The lowest BCUT2D eigenvalue weighted by Crippen LogP contribution is -2.28. The zero-order chi connectivity index (χ0) is 23.8. The summed E-state index contributed by atoms with van der Waals surface area (Å²) < 4.78 is 5.77. The summed E-state index contributed by atoms with van der Waals surface area (Å²) in [6, 6.07) is 24.0. The van der Waals surface area contributed by atoms with Crippen LogP contribution in [0.4, 0.5) is 5.69 Å². The number of nitrogens with one attached hydrogen (secondary N) is 2. The first-order valence-electron chi connectivity index (χ1n) is 10.5. The molecule has 1 saturated heterocycles. The van der Waals surface area contributed by atoms with Gasteiger partial charge >= 0.3 is 0 Å². The average Bonchev–Trinajstić information content (AvgIpc) is 3.18. The maximum absolute atomic E-state index is 12.2. The number of amidine groups is 1. The first-order valence-corrected chi connectivity index (χ1v) is 11.7. The number of ether oxygens (including phenoxy) is 1. The Morgan fingerprint density at radius 1 is 1.06 bits per heavy atom. The second-order valence-electron chi connectivity index (χ2n) is 7.31. The number of anilines is 1. The topological polar surface area (TPSA) is 92.2 Å². The molecule has 0 aromatic heterocycles. The molecular formula is C25H21ClN4O3S. The Balaban J connectivity index is 1.26. The lowest BCUT2D eigenvalue weighted by Gasteiger charge is -2.07. The van der Waals surface area contributed by atoms with Crippen molar-refractivity contribution in [2.45, 2.75) is 18.3 Å². The smallest absolute Gasteiger partial charge is 0.240 e. The van der Waals surface area contributed by atoms with Crippen molar-refractivity contribution >= 4 is 52.2 Å². The van der Waals surface area contributed by atoms with E-state index in [9.17, 15) is 9.59 Å². The minimum absolute atomic E-state index is 0.0454. The molecule has 0 spiro atoms. The number of para-hydroxylation sites is 1. The van der Waals surface area contributed by atoms with Gasteiger partial charge in [0.15, 0.2) is 5.17 Å². The molecule has 0 saturated carbocycles. The molecule has 0 bridgehead atoms. The third-order valence-electron chi connectivity index (χ3n) is 4.79. The van der Waals surface area contributed by atoms with E-state index in [0.717, 1.165) is 11.1 Å². The van der Waals surface area contributed by atoms with Crippen LogP contribution < -0.4 is 15.4 Å². The van der Waals surface area contributed by atoms with Crippen LogP contribution in [0.5, 0.6) is 5.75 Å². The fraction of sp³-hybridized carbons (Fsp3) is 0.120. The van der Waals surface area contributed by atoms with Crippen LogP contribution in [-0.2, 0) is 16.2 Å². The first kappa shape index (κ1) is 23.5. The molecule has 172 valence electrons. The van der Waals surface area contributed by atoms with E-state index in [0.29, 0.717) is 28.2 Å². The quantitative estimate of drug-likeness (QED) is 0.346. The molecule has 0 unspecified atom stereocenters. The SMILES string of the molecule is O=C(C[C@H]1S/C(=N\N=C/c2ccc(OCc3ccccc3Cl)cc2)NC1=O)Nc1ccccc1. The van der Waals surface area contributed by atoms with E-state index in [1.807, 2.05) is 66.7 Å². The molecule has 3 aromatic rings. The molecule has 0 aliphatic carbocycles. The molecular weight excluding hydrogens is 472 g/mol. The first-order chi connectivity index (χ1) is 16.6. The fourth-order valence-corrected chi connectivity index (χ4v) is 4.18. The van der Waals surface area contributed by atoms with Gasteiger partial charge in [-0.1, -0.05) is 59.8 Å². The predicted molar refractivity (Wildman–Crippen MR) is 136 cm³/mol. The zero-order valence-corrected chi connectivity index (χ0v) is 19.6. The maximum Gasteiger partial charge on any atom is 0.240 e. The average molecular weight is 493 g/mol. The normalized spacial score (nSPS) is 16.6. The Hall–Kier alpha value is -3.62. The second-order valence-corrected chi connectivity index (χ2v) is 8.91. The minimum atomic E-state index is -0.549. The summed E-state index contributed by atoms with van der Waals surface area (Å²) in [6.45, 7) is 0.377. The van der Waals surface area contributed by atoms with Gasteiger partial charge in [-0.15, -0.1) is 5.10 Å². The van der Waals surface area contributed by atoms with Gasteiger partial charge in [0.05, 0.1) is 6.21 Å². The van der Waals surface area contributed by atoms with Crippen molar-refractivity contribution in [1.82, 2.24) is 5.32 Å². The third kappa shape index (κ3) is 6.69. The van der Waals surface area contributed by atoms with Gasteiger partial charge in [0.25, 0.3) is 0 Å². The van der Waals surface area contributed by atoms with Crippen LogP contribution in [0.3, 0.4) is 0 Å². The molecule has 0 radical (unpaired) electrons. The van der Waals surface area contributed by atoms with Gasteiger partial charge in [-0.3, -0.25) is 9.59 Å². The van der Waals surface area contributed by atoms with Gasteiger partial charge in [0, 0.05) is 22.7 Å². The highest BCUT2D eigenvalue weighted by Gasteiger charge is 2.32. The van der Waals surface area contributed by atoms with Crippen LogP contribution in [0.15, 0.2) is 89.1 Å². The number of amides is 2. The van der Waals surface area contributed by atoms with Crippen molar-refractivity contribution < 1.29 is 14.3 Å². The van der Waals surface area contributed by atoms with Gasteiger partial charge in [0.2, 0.25) is 11.8 Å². The molecule has 2 amide bonds. The van der Waals surface area contributed by atoms with Crippen molar-refractivity contribution in [3.05, 3.63) is 95.0 Å². The van der Waals surface area contributed by atoms with E-state index in [4.69, 9.17) is 16.3 Å². The highest BCUT2D eigenvalue weighted by molar-refractivity contribution is 8.15. The number of rotatable bonds is 8. The van der Waals surface area contributed by atoms with E-state index < -0.39 is 5.25 Å². The molecule has 7 nitrogen and oxygen atoms in total. The number of hydrogen-bond donors (Lipinski definition) is 2. The van der Waals surface area contributed by atoms with Crippen molar-refractivity contribution in [3.8, 4) is 5.75 Å². The summed E-state index contributed by atoms with van der Waals surface area (Å²) in [5.74, 6) is 0.209. The summed E-state index contributed by atoms with van der Waals surface area (Å²) in [5, 5.41) is 14.0. The van der Waals surface area contributed by atoms with Crippen molar-refractivity contribution in [3.63, 3.8) is 0 Å². The number of hydrogen-bond acceptors (Lipinski definition) is 6. The highest BCUT2D eigenvalue weighted by Crippen LogP contribution is 2.23. The molecule has 4 rings (SSSR count). The summed E-state index contributed by atoms with van der Waals surface area (Å²) in [4.78, 5) is 24.4.